The van der Waals surface area contributed by atoms with Crippen LogP contribution in [0, 0.1) is 51.8 Å². The van der Waals surface area contributed by atoms with Crippen molar-refractivity contribution in [3.8, 4) is 6.07 Å². The Bertz CT molecular complexity index is 939. The molecule has 3 saturated carbocycles. The maximum Gasteiger partial charge on any atom is 0.102 e. The van der Waals surface area contributed by atoms with Gasteiger partial charge < -0.3 is 5.11 Å². The summed E-state index contributed by atoms with van der Waals surface area (Å²) in [7, 11) is 0. The molecule has 8 atom stereocenters. The van der Waals surface area contributed by atoms with Crippen LogP contribution in [0.3, 0.4) is 0 Å². The molecular formula is C28H41N3O. The third kappa shape index (κ3) is 3.38. The average Bonchev–Trinajstić information content (AvgIpc) is 3.31. The second kappa shape index (κ2) is 7.73. The summed E-state index contributed by atoms with van der Waals surface area (Å²) in [5.74, 6) is 3.44. The topological polar surface area (TPSA) is 61.8 Å². The summed E-state index contributed by atoms with van der Waals surface area (Å²) in [6.45, 7) is 10.0. The van der Waals surface area contributed by atoms with E-state index in [-0.39, 0.29) is 11.3 Å². The monoisotopic (exact) mass is 435 g/mol. The van der Waals surface area contributed by atoms with Gasteiger partial charge in [0, 0.05) is 6.20 Å². The van der Waals surface area contributed by atoms with Gasteiger partial charge in [0.05, 0.1) is 23.9 Å². The van der Waals surface area contributed by atoms with Crippen LogP contribution in [0.15, 0.2) is 24.0 Å². The van der Waals surface area contributed by atoms with Gasteiger partial charge in [-0.25, -0.2) is 0 Å². The molecule has 1 aromatic heterocycles. The molecule has 4 aliphatic rings. The molecule has 3 fully saturated rings. The molecule has 0 spiro atoms. The van der Waals surface area contributed by atoms with Gasteiger partial charge in [0.1, 0.15) is 6.07 Å². The summed E-state index contributed by atoms with van der Waals surface area (Å²) < 4.78 is 1.77. The second-order valence-corrected chi connectivity index (χ2v) is 12.5. The van der Waals surface area contributed by atoms with Crippen LogP contribution in [-0.4, -0.2) is 20.5 Å². The zero-order valence-electron chi connectivity index (χ0n) is 20.5. The Morgan fingerprint density at radius 1 is 1.19 bits per heavy atom. The predicted molar refractivity (Wildman–Crippen MR) is 127 cm³/mol. The minimum Gasteiger partial charge on any atom is -0.388 e. The zero-order valence-corrected chi connectivity index (χ0v) is 20.5. The van der Waals surface area contributed by atoms with E-state index in [4.69, 9.17) is 5.26 Å². The van der Waals surface area contributed by atoms with Crippen molar-refractivity contribution in [1.82, 2.24) is 9.78 Å². The van der Waals surface area contributed by atoms with E-state index in [2.05, 4.69) is 38.0 Å². The highest BCUT2D eigenvalue weighted by atomic mass is 16.3. The van der Waals surface area contributed by atoms with E-state index in [9.17, 15) is 5.11 Å². The van der Waals surface area contributed by atoms with E-state index < -0.39 is 5.60 Å². The normalized spacial score (nSPS) is 43.1. The molecule has 0 radical (unpaired) electrons. The van der Waals surface area contributed by atoms with Crippen LogP contribution >= 0.6 is 0 Å². The Labute approximate surface area is 194 Å². The number of nitrogens with zero attached hydrogens (tertiary/aromatic N) is 3. The summed E-state index contributed by atoms with van der Waals surface area (Å²) >= 11 is 0. The Hall–Kier alpha value is -1.60. The van der Waals surface area contributed by atoms with Gasteiger partial charge in [-0.05, 0) is 105 Å². The molecule has 0 bridgehead atoms. The van der Waals surface area contributed by atoms with Crippen LogP contribution in [0.2, 0.25) is 0 Å². The number of aromatic nitrogens is 2. The third-order valence-corrected chi connectivity index (χ3v) is 10.7. The number of nitriles is 1. The van der Waals surface area contributed by atoms with E-state index in [0.717, 1.165) is 24.2 Å². The molecule has 7 unspecified atom stereocenters. The van der Waals surface area contributed by atoms with Crippen molar-refractivity contribution in [1.29, 1.82) is 5.26 Å². The third-order valence-electron chi connectivity index (χ3n) is 10.7. The van der Waals surface area contributed by atoms with Gasteiger partial charge in [-0.1, -0.05) is 32.4 Å². The standard InChI is InChI=1S/C28H41N3O/c1-19-5-6-21-7-8-22-23-9-10-25(28(4,32)18-31-17-20(15-29)16-30-31)27(23,3)14-12-24(22)26(21,2)13-11-19/h7,16-17,19,22-25,32H,5-6,8-14,18H2,1-4H3/t19?,22?,23?,24?,25?,26?,27?,28-/m0/s1. The number of rotatable bonds is 3. The number of hydrogen-bond acceptors (Lipinski definition) is 3. The van der Waals surface area contributed by atoms with Gasteiger partial charge in [0.25, 0.3) is 0 Å². The summed E-state index contributed by atoms with van der Waals surface area (Å²) in [5, 5.41) is 25.2. The van der Waals surface area contributed by atoms with E-state index >= 15 is 0 Å². The lowest BCUT2D eigenvalue weighted by molar-refractivity contribution is -0.105. The molecule has 5 rings (SSSR count). The molecule has 1 N–H and O–H groups in total. The van der Waals surface area contributed by atoms with Gasteiger partial charge in [-0.15, -0.1) is 0 Å². The molecule has 174 valence electrons. The van der Waals surface area contributed by atoms with Crippen molar-refractivity contribution in [2.24, 2.45) is 40.4 Å². The van der Waals surface area contributed by atoms with E-state index in [1.54, 1.807) is 22.6 Å². The zero-order chi connectivity index (χ0) is 22.7. The highest BCUT2D eigenvalue weighted by Gasteiger charge is 2.61. The predicted octanol–water partition coefficient (Wildman–Crippen LogP) is 6.11. The van der Waals surface area contributed by atoms with Crippen LogP contribution in [0.4, 0.5) is 0 Å². The first kappa shape index (κ1) is 22.2. The molecule has 0 amide bonds. The first-order valence-corrected chi connectivity index (χ1v) is 13.0. The lowest BCUT2D eigenvalue weighted by Gasteiger charge is -2.57. The molecular weight excluding hydrogens is 394 g/mol. The molecule has 0 saturated heterocycles. The van der Waals surface area contributed by atoms with E-state index in [1.165, 1.54) is 51.4 Å². The summed E-state index contributed by atoms with van der Waals surface area (Å²) in [6.07, 6.45) is 17.6. The summed E-state index contributed by atoms with van der Waals surface area (Å²) in [4.78, 5) is 0. The van der Waals surface area contributed by atoms with Crippen LogP contribution in [-0.2, 0) is 6.54 Å². The Kier molecular flexibility index (Phi) is 5.36. The summed E-state index contributed by atoms with van der Waals surface area (Å²) in [6, 6.07) is 2.15. The van der Waals surface area contributed by atoms with Crippen molar-refractivity contribution in [2.45, 2.75) is 97.6 Å². The van der Waals surface area contributed by atoms with Crippen molar-refractivity contribution < 1.29 is 5.11 Å². The first-order chi connectivity index (χ1) is 15.2. The Morgan fingerprint density at radius 2 is 2.00 bits per heavy atom. The van der Waals surface area contributed by atoms with Crippen molar-refractivity contribution >= 4 is 0 Å². The molecule has 4 heteroatoms. The highest BCUT2D eigenvalue weighted by Crippen LogP contribution is 2.67. The quantitative estimate of drug-likeness (QED) is 0.583. The molecule has 32 heavy (non-hydrogen) atoms. The van der Waals surface area contributed by atoms with Crippen LogP contribution in [0.5, 0.6) is 0 Å². The van der Waals surface area contributed by atoms with Gasteiger partial charge in [-0.3, -0.25) is 4.68 Å². The average molecular weight is 436 g/mol. The van der Waals surface area contributed by atoms with Gasteiger partial charge >= 0.3 is 0 Å². The molecule has 4 nitrogen and oxygen atoms in total. The smallest absolute Gasteiger partial charge is 0.102 e. The molecule has 1 heterocycles. The van der Waals surface area contributed by atoms with Crippen molar-refractivity contribution in [3.63, 3.8) is 0 Å². The van der Waals surface area contributed by atoms with Gasteiger partial charge in [-0.2, -0.15) is 10.4 Å². The Morgan fingerprint density at radius 3 is 2.75 bits per heavy atom. The fourth-order valence-electron chi connectivity index (χ4n) is 8.95. The van der Waals surface area contributed by atoms with E-state index in [0.29, 0.717) is 23.4 Å². The number of aliphatic hydroxyl groups is 1. The van der Waals surface area contributed by atoms with Crippen LogP contribution < -0.4 is 0 Å². The molecule has 1 aromatic rings. The maximum absolute atomic E-state index is 11.7. The highest BCUT2D eigenvalue weighted by molar-refractivity contribution is 5.24. The number of hydrogen-bond donors (Lipinski definition) is 1. The lowest BCUT2D eigenvalue weighted by Crippen LogP contribution is -2.53. The number of fused-ring (bicyclic) bond motifs is 5. The fourth-order valence-corrected chi connectivity index (χ4v) is 8.95. The van der Waals surface area contributed by atoms with Crippen molar-refractivity contribution in [3.05, 3.63) is 29.6 Å². The van der Waals surface area contributed by atoms with Gasteiger partial charge in [0.15, 0.2) is 0 Å². The Balaban J connectivity index is 1.39. The molecule has 0 aliphatic heterocycles. The van der Waals surface area contributed by atoms with Crippen LogP contribution in [0.25, 0.3) is 0 Å². The first-order valence-electron chi connectivity index (χ1n) is 13.0. The van der Waals surface area contributed by atoms with Crippen molar-refractivity contribution in [2.75, 3.05) is 0 Å². The lowest BCUT2D eigenvalue weighted by atomic mass is 9.48. The summed E-state index contributed by atoms with van der Waals surface area (Å²) in [5.41, 5.74) is 2.12. The SMILES string of the molecule is CC1CCC2=CCC3C(CCC4(C)C3CCC4[C@@](C)(O)Cn3cc(C#N)cn3)C2(C)CC1. The maximum atomic E-state index is 11.7. The second-order valence-electron chi connectivity index (χ2n) is 12.5. The van der Waals surface area contributed by atoms with Crippen LogP contribution in [0.1, 0.15) is 91.0 Å². The van der Waals surface area contributed by atoms with Gasteiger partial charge in [0.2, 0.25) is 0 Å². The minimum atomic E-state index is -0.813. The molecule has 0 aromatic carbocycles. The van der Waals surface area contributed by atoms with E-state index in [1.807, 2.05) is 6.92 Å². The fraction of sp³-hybridized carbons (Fsp3) is 0.786. The largest absolute Gasteiger partial charge is 0.388 e. The minimum absolute atomic E-state index is 0.190. The number of allylic oxidation sites excluding steroid dienone is 2. The molecule has 4 aliphatic carbocycles.